The average molecular weight is 624 g/mol. The highest BCUT2D eigenvalue weighted by Gasteiger charge is 2.80. The summed E-state index contributed by atoms with van der Waals surface area (Å²) >= 11 is 0. The van der Waals surface area contributed by atoms with E-state index in [0.717, 1.165) is 17.2 Å². The molecule has 3 saturated carbocycles. The number of rotatable bonds is 6. The summed E-state index contributed by atoms with van der Waals surface area (Å²) in [6, 6.07) is 13.4. The van der Waals surface area contributed by atoms with E-state index in [-0.39, 0.29) is 37.4 Å². The largest absolute Gasteiger partial charge is 0.489 e. The minimum atomic E-state index is -2.28. The van der Waals surface area contributed by atoms with Gasteiger partial charge in [-0.25, -0.2) is 18.0 Å². The van der Waals surface area contributed by atoms with Crippen LogP contribution < -0.4 is 4.74 Å². The Kier molecular flexibility index (Phi) is 6.89. The summed E-state index contributed by atoms with van der Waals surface area (Å²) in [5.41, 5.74) is -4.98. The first-order chi connectivity index (χ1) is 21.3. The summed E-state index contributed by atoms with van der Waals surface area (Å²) in [4.78, 5) is 31.6. The molecule has 45 heavy (non-hydrogen) atoms. The minimum Gasteiger partial charge on any atom is -0.489 e. The number of carbonyl (C=O) groups is 2. The van der Waals surface area contributed by atoms with Crippen molar-refractivity contribution in [3.63, 3.8) is 0 Å². The van der Waals surface area contributed by atoms with Crippen LogP contribution in [0.25, 0.3) is 0 Å². The predicted molar refractivity (Wildman–Crippen MR) is 157 cm³/mol. The Labute approximate surface area is 259 Å². The molecule has 1 aliphatic heterocycles. The molecule has 4 fully saturated rings. The lowest BCUT2D eigenvalue weighted by molar-refractivity contribution is -0.275. The van der Waals surface area contributed by atoms with Crippen LogP contribution in [-0.2, 0) is 27.6 Å². The van der Waals surface area contributed by atoms with Crippen molar-refractivity contribution in [1.29, 1.82) is 0 Å². The molecule has 1 saturated heterocycles. The van der Waals surface area contributed by atoms with Crippen LogP contribution in [0, 0.1) is 34.4 Å². The molecular formula is C35H36F3NO6. The van der Waals surface area contributed by atoms with Crippen molar-refractivity contribution in [2.75, 3.05) is 6.54 Å². The number of ketones is 1. The SMILES string of the molecule is C[C@]12C=CC(=O)C=C1[C@@H](F)C[C@H]1[C@@H]3C[C@H]4CN(Cc5ccc(OCc6ccc(F)cc6)cc5)O[C@@]4(C(=O)O)[C@@]3(C)C[C@H](O)[C@@]12F. The first kappa shape index (κ1) is 30.2. The maximum atomic E-state index is 17.5. The van der Waals surface area contributed by atoms with Crippen molar-refractivity contribution in [3.05, 3.63) is 89.3 Å². The Morgan fingerprint density at radius 1 is 1.07 bits per heavy atom. The normalized spacial score (nSPS) is 40.3. The minimum absolute atomic E-state index is 0.0387. The van der Waals surface area contributed by atoms with E-state index in [9.17, 15) is 24.2 Å². The van der Waals surface area contributed by atoms with Gasteiger partial charge in [0.05, 0.1) is 6.10 Å². The molecule has 10 heteroatoms. The number of hydrogen-bond acceptors (Lipinski definition) is 6. The third-order valence-corrected chi connectivity index (χ3v) is 11.6. The number of carbonyl (C=O) groups excluding carboxylic acids is 1. The molecule has 2 aromatic rings. The zero-order valence-corrected chi connectivity index (χ0v) is 25.1. The highest BCUT2D eigenvalue weighted by molar-refractivity contribution is 6.01. The van der Waals surface area contributed by atoms with Gasteiger partial charge in [-0.3, -0.25) is 9.63 Å². The van der Waals surface area contributed by atoms with Crippen molar-refractivity contribution in [3.8, 4) is 5.75 Å². The zero-order valence-electron chi connectivity index (χ0n) is 25.1. The maximum absolute atomic E-state index is 17.5. The summed E-state index contributed by atoms with van der Waals surface area (Å²) in [6.07, 6.45) is 0.467. The highest BCUT2D eigenvalue weighted by atomic mass is 19.1. The molecule has 4 aliphatic carbocycles. The molecule has 0 amide bonds. The number of alkyl halides is 2. The molecule has 0 unspecified atom stereocenters. The number of benzene rings is 2. The maximum Gasteiger partial charge on any atom is 0.339 e. The molecule has 0 aromatic heterocycles. The van der Waals surface area contributed by atoms with Gasteiger partial charge in [-0.05, 0) is 85.2 Å². The number of aliphatic hydroxyl groups excluding tert-OH is 1. The third-order valence-electron chi connectivity index (χ3n) is 11.6. The van der Waals surface area contributed by atoms with Crippen LogP contribution in [0.1, 0.15) is 44.2 Å². The lowest BCUT2D eigenvalue weighted by Crippen LogP contribution is -2.70. The first-order valence-electron chi connectivity index (χ1n) is 15.4. The number of allylic oxidation sites excluding steroid dienone is 4. The van der Waals surface area contributed by atoms with Crippen molar-refractivity contribution in [2.24, 2.45) is 28.6 Å². The third kappa shape index (κ3) is 4.21. The van der Waals surface area contributed by atoms with Gasteiger partial charge in [0.1, 0.15) is 24.3 Å². The lowest BCUT2D eigenvalue weighted by atomic mass is 9.44. The van der Waals surface area contributed by atoms with Crippen LogP contribution in [0.3, 0.4) is 0 Å². The Bertz CT molecular complexity index is 1600. The highest BCUT2D eigenvalue weighted by Crippen LogP contribution is 2.72. The number of ether oxygens (including phenoxy) is 1. The molecule has 0 spiro atoms. The monoisotopic (exact) mass is 623 g/mol. The van der Waals surface area contributed by atoms with Gasteiger partial charge < -0.3 is 14.9 Å². The van der Waals surface area contributed by atoms with Gasteiger partial charge in [0.15, 0.2) is 17.1 Å². The summed E-state index contributed by atoms with van der Waals surface area (Å²) in [5, 5.41) is 23.9. The smallest absolute Gasteiger partial charge is 0.339 e. The van der Waals surface area contributed by atoms with Gasteiger partial charge in [0, 0.05) is 35.8 Å². The van der Waals surface area contributed by atoms with Crippen LogP contribution in [0.2, 0.25) is 0 Å². The predicted octanol–water partition coefficient (Wildman–Crippen LogP) is 5.52. The van der Waals surface area contributed by atoms with E-state index in [0.29, 0.717) is 18.7 Å². The second-order valence-electron chi connectivity index (χ2n) is 13.8. The number of fused-ring (bicyclic) bond motifs is 7. The Morgan fingerprint density at radius 2 is 1.76 bits per heavy atom. The number of hydroxylamine groups is 2. The number of hydrogen-bond donors (Lipinski definition) is 2. The molecule has 2 N–H and O–H groups in total. The van der Waals surface area contributed by atoms with E-state index in [1.54, 1.807) is 36.3 Å². The van der Waals surface area contributed by atoms with Gasteiger partial charge in [-0.2, -0.15) is 5.06 Å². The molecule has 7 nitrogen and oxygen atoms in total. The summed E-state index contributed by atoms with van der Waals surface area (Å²) in [5.74, 6) is -3.33. The number of halogens is 3. The van der Waals surface area contributed by atoms with Gasteiger partial charge >= 0.3 is 5.97 Å². The first-order valence-corrected chi connectivity index (χ1v) is 15.4. The molecule has 0 bridgehead atoms. The van der Waals surface area contributed by atoms with Crippen LogP contribution >= 0.6 is 0 Å². The van der Waals surface area contributed by atoms with Crippen molar-refractivity contribution >= 4 is 11.8 Å². The van der Waals surface area contributed by atoms with Crippen LogP contribution in [-0.4, -0.2) is 57.1 Å². The average Bonchev–Trinajstić information content (AvgIpc) is 3.48. The van der Waals surface area contributed by atoms with Crippen LogP contribution in [0.4, 0.5) is 13.2 Å². The molecule has 9 atom stereocenters. The molecule has 5 aliphatic rings. The van der Waals surface area contributed by atoms with Crippen molar-refractivity contribution in [1.82, 2.24) is 5.06 Å². The Morgan fingerprint density at radius 3 is 2.44 bits per heavy atom. The molecule has 1 heterocycles. The quantitative estimate of drug-likeness (QED) is 0.438. The summed E-state index contributed by atoms with van der Waals surface area (Å²) in [6.45, 7) is 4.12. The van der Waals surface area contributed by atoms with Crippen LogP contribution in [0.15, 0.2) is 72.3 Å². The van der Waals surface area contributed by atoms with Gasteiger partial charge in [0.25, 0.3) is 0 Å². The Balaban J connectivity index is 1.11. The van der Waals surface area contributed by atoms with E-state index in [2.05, 4.69) is 0 Å². The molecule has 2 aromatic carbocycles. The molecule has 0 radical (unpaired) electrons. The number of aliphatic carboxylic acids is 1. The van der Waals surface area contributed by atoms with Crippen molar-refractivity contribution in [2.45, 2.75) is 69.8 Å². The Hall–Kier alpha value is -3.47. The van der Waals surface area contributed by atoms with E-state index in [1.165, 1.54) is 31.2 Å². The van der Waals surface area contributed by atoms with Crippen molar-refractivity contribution < 1.29 is 42.5 Å². The fraction of sp³-hybridized carbons (Fsp3) is 0.486. The summed E-state index contributed by atoms with van der Waals surface area (Å²) in [7, 11) is 0. The fourth-order valence-electron chi connectivity index (χ4n) is 9.42. The van der Waals surface area contributed by atoms with E-state index < -0.39 is 63.9 Å². The second-order valence-corrected chi connectivity index (χ2v) is 13.8. The number of nitrogens with zero attached hydrogens (tertiary/aromatic N) is 1. The van der Waals surface area contributed by atoms with Gasteiger partial charge in [-0.1, -0.05) is 37.3 Å². The molecule has 7 rings (SSSR count). The summed E-state index contributed by atoms with van der Waals surface area (Å²) < 4.78 is 52.2. The standard InChI is InChI=1S/C35H36F3NO6/c1-32-12-11-24(40)14-28(32)29(37)15-27-26-13-22-18-39(45-35(22,31(42)43)33(26,2)16-30(41)34(27,32)38)17-20-5-9-25(10-6-20)44-19-21-3-7-23(36)8-4-21/h3-12,14,22,26-27,29-30,41H,13,15-19H2,1-2H3,(H,42,43)/t22-,26-,27-,29-,30-,32-,33-,34-,35-/m0/s1. The lowest BCUT2D eigenvalue weighted by Gasteiger charge is -2.63. The van der Waals surface area contributed by atoms with Crippen LogP contribution in [0.5, 0.6) is 5.75 Å². The van der Waals surface area contributed by atoms with Gasteiger partial charge in [0.2, 0.25) is 0 Å². The molecule has 238 valence electrons. The van der Waals surface area contributed by atoms with E-state index in [4.69, 9.17) is 9.57 Å². The topological polar surface area (TPSA) is 96.3 Å². The number of carboxylic acid groups (broad SMARTS) is 1. The fourth-order valence-corrected chi connectivity index (χ4v) is 9.42. The second kappa shape index (κ2) is 10.3. The van der Waals surface area contributed by atoms with Gasteiger partial charge in [-0.15, -0.1) is 0 Å². The number of aliphatic hydroxyl groups is 1. The van der Waals surface area contributed by atoms with E-state index in [1.807, 2.05) is 12.1 Å². The zero-order chi connectivity index (χ0) is 31.9. The molecular weight excluding hydrogens is 587 g/mol. The van der Waals surface area contributed by atoms with E-state index >= 15 is 8.78 Å². The number of carboxylic acids is 1.